The van der Waals surface area contributed by atoms with Gasteiger partial charge in [0, 0.05) is 18.1 Å². The molecule has 0 amide bonds. The minimum Gasteiger partial charge on any atom is -0.463 e. The zero-order chi connectivity index (χ0) is 49.8. The molecule has 2 fully saturated rings. The molecule has 0 bridgehead atoms. The molecule has 0 spiro atoms. The van der Waals surface area contributed by atoms with E-state index in [9.17, 15) is 38.4 Å². The van der Waals surface area contributed by atoms with Crippen LogP contribution in [0, 0.1) is 5.92 Å². The standard InChI is InChI=1S/C51H48O19/c1-3-43(52)60-27-5-7-29-62-50(58)67-38-21-13-32(14-22-38)46(54)65-36-17-9-34(10-18-36)48(56)69-41-26-25-40-42(31-64-45(40)41)70-49(57)35-11-19-37(20-12-35)66-47(55)33-15-23-39(24-16-33)68-51(59)63-30-8-6-28-61-44(53)4-2/h3-4,9-24,40-42,45H,1-2,5-8,25-31H2/t40-,41+,42-,45+/m1/s1. The van der Waals surface area contributed by atoms with E-state index >= 15 is 0 Å². The summed E-state index contributed by atoms with van der Waals surface area (Å²) in [5.41, 5.74) is 0.752. The van der Waals surface area contributed by atoms with Crippen molar-refractivity contribution < 1.29 is 90.5 Å². The molecule has 366 valence electrons. The van der Waals surface area contributed by atoms with Crippen LogP contribution < -0.4 is 18.9 Å². The smallest absolute Gasteiger partial charge is 0.463 e. The van der Waals surface area contributed by atoms with Crippen molar-refractivity contribution in [1.82, 2.24) is 0 Å². The van der Waals surface area contributed by atoms with Crippen molar-refractivity contribution in [2.45, 2.75) is 56.8 Å². The highest BCUT2D eigenvalue weighted by Gasteiger charge is 2.49. The van der Waals surface area contributed by atoms with Gasteiger partial charge in [-0.15, -0.1) is 0 Å². The average molecular weight is 965 g/mol. The Hall–Kier alpha value is -8.32. The van der Waals surface area contributed by atoms with Crippen molar-refractivity contribution in [2.24, 2.45) is 5.92 Å². The lowest BCUT2D eigenvalue weighted by molar-refractivity contribution is -0.138. The number of hydrogen-bond donors (Lipinski definition) is 0. The first-order valence-corrected chi connectivity index (χ1v) is 22.0. The third-order valence-corrected chi connectivity index (χ3v) is 10.5. The zero-order valence-corrected chi connectivity index (χ0v) is 37.7. The maximum Gasteiger partial charge on any atom is 0.513 e. The molecule has 19 nitrogen and oxygen atoms in total. The number of unbranched alkanes of at least 4 members (excludes halogenated alkanes) is 2. The van der Waals surface area contributed by atoms with Gasteiger partial charge < -0.3 is 52.1 Å². The lowest BCUT2D eigenvalue weighted by atomic mass is 10.0. The lowest BCUT2D eigenvalue weighted by Gasteiger charge is -2.19. The molecule has 19 heteroatoms. The van der Waals surface area contributed by atoms with E-state index in [1.54, 1.807) is 0 Å². The van der Waals surface area contributed by atoms with Crippen molar-refractivity contribution in [3.05, 3.63) is 145 Å². The Morgan fingerprint density at radius 1 is 0.443 bits per heavy atom. The molecule has 6 rings (SSSR count). The van der Waals surface area contributed by atoms with Gasteiger partial charge >= 0.3 is 48.1 Å². The van der Waals surface area contributed by atoms with E-state index in [0.717, 1.165) is 12.2 Å². The van der Waals surface area contributed by atoms with Crippen LogP contribution in [0.15, 0.2) is 122 Å². The van der Waals surface area contributed by atoms with E-state index in [-0.39, 0.29) is 84.2 Å². The fraction of sp³-hybridized carbons (Fsp3) is 0.294. The van der Waals surface area contributed by atoms with E-state index in [1.165, 1.54) is 97.1 Å². The molecule has 70 heavy (non-hydrogen) atoms. The van der Waals surface area contributed by atoms with Crippen LogP contribution in [0.3, 0.4) is 0 Å². The second-order valence-corrected chi connectivity index (χ2v) is 15.4. The van der Waals surface area contributed by atoms with Crippen LogP contribution >= 0.6 is 0 Å². The quantitative estimate of drug-likeness (QED) is 0.0183. The van der Waals surface area contributed by atoms with E-state index < -0.39 is 66.4 Å². The summed E-state index contributed by atoms with van der Waals surface area (Å²) >= 11 is 0. The molecule has 2 aliphatic rings. The minimum absolute atomic E-state index is 0.0542. The SMILES string of the molecule is C=CC(=O)OCCCCOC(=O)Oc1ccc(C(=O)Oc2ccc(C(=O)O[C@H]3CC[C@H]4[C@@H]3OC[C@H]4OC(=O)c3ccc(OC(=O)c4ccc(OC(=O)OCCCCOC(=O)C=C)cc4)cc3)cc2)cc1. The Bertz CT molecular complexity index is 2320. The van der Waals surface area contributed by atoms with Gasteiger partial charge in [0.15, 0.2) is 0 Å². The van der Waals surface area contributed by atoms with Gasteiger partial charge in [-0.2, -0.15) is 0 Å². The second-order valence-electron chi connectivity index (χ2n) is 15.4. The maximum atomic E-state index is 13.1. The molecule has 0 radical (unpaired) electrons. The predicted octanol–water partition coefficient (Wildman–Crippen LogP) is 7.73. The minimum atomic E-state index is -0.938. The molecule has 4 aromatic carbocycles. The van der Waals surface area contributed by atoms with Gasteiger partial charge in [0.25, 0.3) is 0 Å². The molecule has 1 aliphatic heterocycles. The van der Waals surface area contributed by atoms with Crippen LogP contribution in [0.4, 0.5) is 9.59 Å². The van der Waals surface area contributed by atoms with E-state index in [0.29, 0.717) is 38.5 Å². The first-order valence-electron chi connectivity index (χ1n) is 22.0. The summed E-state index contributed by atoms with van der Waals surface area (Å²) in [5.74, 6) is -3.30. The van der Waals surface area contributed by atoms with Gasteiger partial charge in [-0.3, -0.25) is 0 Å². The monoisotopic (exact) mass is 964 g/mol. The van der Waals surface area contributed by atoms with Crippen LogP contribution in [-0.4, -0.2) is 99.5 Å². The van der Waals surface area contributed by atoms with Crippen LogP contribution in [-0.2, 0) is 42.7 Å². The Kier molecular flexibility index (Phi) is 18.8. The van der Waals surface area contributed by atoms with E-state index in [1.807, 2.05) is 0 Å². The Morgan fingerprint density at radius 2 is 0.786 bits per heavy atom. The number of carbonyl (C=O) groups is 8. The number of esters is 6. The highest BCUT2D eigenvalue weighted by molar-refractivity contribution is 5.93. The first-order chi connectivity index (χ1) is 33.9. The Labute approximate surface area is 401 Å². The van der Waals surface area contributed by atoms with Gasteiger partial charge in [-0.05, 0) is 136 Å². The molecule has 4 aromatic rings. The first kappa shape index (κ1) is 51.1. The van der Waals surface area contributed by atoms with Gasteiger partial charge in [-0.25, -0.2) is 38.4 Å². The molecule has 0 aromatic heterocycles. The third kappa shape index (κ3) is 15.4. The largest absolute Gasteiger partial charge is 0.513 e. The van der Waals surface area contributed by atoms with Crippen molar-refractivity contribution in [2.75, 3.05) is 33.0 Å². The summed E-state index contributed by atoms with van der Waals surface area (Å²) in [4.78, 5) is 97.8. The number of fused-ring (bicyclic) bond motifs is 1. The summed E-state index contributed by atoms with van der Waals surface area (Å²) in [6.45, 7) is 7.15. The molecule has 1 heterocycles. The molecule has 1 aliphatic carbocycles. The summed E-state index contributed by atoms with van der Waals surface area (Å²) in [6, 6.07) is 22.8. The van der Waals surface area contributed by atoms with Gasteiger partial charge in [-0.1, -0.05) is 13.2 Å². The predicted molar refractivity (Wildman–Crippen MR) is 241 cm³/mol. The summed E-state index contributed by atoms with van der Waals surface area (Å²) in [5, 5.41) is 0. The van der Waals surface area contributed by atoms with Gasteiger partial charge in [0.1, 0.15) is 41.3 Å². The number of benzene rings is 4. The number of rotatable bonds is 22. The molecule has 4 atom stereocenters. The molecular formula is C51H48O19. The maximum absolute atomic E-state index is 13.1. The van der Waals surface area contributed by atoms with Crippen molar-refractivity contribution >= 4 is 48.1 Å². The fourth-order valence-electron chi connectivity index (χ4n) is 6.98. The second kappa shape index (κ2) is 25.7. The summed E-state index contributed by atoms with van der Waals surface area (Å²) in [7, 11) is 0. The van der Waals surface area contributed by atoms with E-state index in [4.69, 9.17) is 52.1 Å². The Balaban J connectivity index is 0.876. The number of carbonyl (C=O) groups excluding carboxylic acids is 8. The van der Waals surface area contributed by atoms with Crippen LogP contribution in [0.5, 0.6) is 23.0 Å². The van der Waals surface area contributed by atoms with Gasteiger partial charge in [0.2, 0.25) is 0 Å². The van der Waals surface area contributed by atoms with Crippen molar-refractivity contribution in [1.29, 1.82) is 0 Å². The Morgan fingerprint density at radius 3 is 1.17 bits per heavy atom. The number of ether oxygens (including phenoxy) is 11. The fourth-order valence-corrected chi connectivity index (χ4v) is 6.98. The van der Waals surface area contributed by atoms with E-state index in [2.05, 4.69) is 13.2 Å². The highest BCUT2D eigenvalue weighted by atomic mass is 16.7. The normalized spacial score (nSPS) is 16.5. The third-order valence-electron chi connectivity index (χ3n) is 10.5. The van der Waals surface area contributed by atoms with Crippen molar-refractivity contribution in [3.63, 3.8) is 0 Å². The van der Waals surface area contributed by atoms with Gasteiger partial charge in [0.05, 0.1) is 55.3 Å². The number of hydrogen-bond acceptors (Lipinski definition) is 19. The summed E-state index contributed by atoms with van der Waals surface area (Å²) < 4.78 is 58.3. The molecule has 1 saturated heterocycles. The molecule has 0 unspecified atom stereocenters. The zero-order valence-electron chi connectivity index (χ0n) is 37.7. The average Bonchev–Trinajstić information content (AvgIpc) is 3.96. The van der Waals surface area contributed by atoms with Crippen molar-refractivity contribution in [3.8, 4) is 23.0 Å². The van der Waals surface area contributed by atoms with Crippen LogP contribution in [0.2, 0.25) is 0 Å². The van der Waals surface area contributed by atoms with Crippen LogP contribution in [0.1, 0.15) is 80.0 Å². The molecular weight excluding hydrogens is 917 g/mol. The molecule has 1 saturated carbocycles. The lowest BCUT2D eigenvalue weighted by Crippen LogP contribution is -2.31. The topological polar surface area (TPSA) is 238 Å². The highest BCUT2D eigenvalue weighted by Crippen LogP contribution is 2.40. The molecule has 0 N–H and O–H groups in total. The van der Waals surface area contributed by atoms with Crippen LogP contribution in [0.25, 0.3) is 0 Å². The summed E-state index contributed by atoms with van der Waals surface area (Å²) in [6.07, 6.45) is 1.48.